The minimum absolute atomic E-state index is 0.109. The number of rotatable bonds is 5. The first kappa shape index (κ1) is 18.3. The molecular weight excluding hydrogens is 316 g/mol. The van der Waals surface area contributed by atoms with Gasteiger partial charge in [-0.25, -0.2) is 0 Å². The van der Waals surface area contributed by atoms with E-state index in [1.54, 1.807) is 0 Å². The molecule has 0 aliphatic heterocycles. The summed E-state index contributed by atoms with van der Waals surface area (Å²) in [5.41, 5.74) is 5.96. The van der Waals surface area contributed by atoms with E-state index in [1.165, 1.54) is 22.3 Å². The first-order valence-electron chi connectivity index (χ1n) is 8.20. The number of benzene rings is 2. The maximum absolute atomic E-state index is 5.84. The molecule has 0 heterocycles. The Morgan fingerprint density at radius 2 is 1.75 bits per heavy atom. The standard InChI is InChI=1S/C20H26N2OS/c1-13-6-9-19(16(4)10-13)22-20(24)21-17(5)12-23-18-8-7-14(2)15(3)11-18/h6-11,17H,12H2,1-5H3,(H2,21,22,24)/t17-/m1/s1. The molecule has 0 saturated carbocycles. The minimum Gasteiger partial charge on any atom is -0.491 e. The van der Waals surface area contributed by atoms with Crippen molar-refractivity contribution in [3.05, 3.63) is 58.7 Å². The van der Waals surface area contributed by atoms with Gasteiger partial charge in [0.25, 0.3) is 0 Å². The molecule has 0 saturated heterocycles. The van der Waals surface area contributed by atoms with E-state index < -0.39 is 0 Å². The predicted octanol–water partition coefficient (Wildman–Crippen LogP) is 4.67. The van der Waals surface area contributed by atoms with Crippen molar-refractivity contribution in [2.45, 2.75) is 40.7 Å². The van der Waals surface area contributed by atoms with Crippen LogP contribution in [0.15, 0.2) is 36.4 Å². The maximum Gasteiger partial charge on any atom is 0.171 e. The fourth-order valence-electron chi connectivity index (χ4n) is 2.40. The molecule has 0 aliphatic rings. The second-order valence-electron chi connectivity index (χ2n) is 6.37. The predicted molar refractivity (Wildman–Crippen MR) is 106 cm³/mol. The summed E-state index contributed by atoms with van der Waals surface area (Å²) in [6.45, 7) is 10.9. The van der Waals surface area contributed by atoms with Crippen LogP contribution in [0.1, 0.15) is 29.2 Å². The highest BCUT2D eigenvalue weighted by Gasteiger charge is 2.07. The summed E-state index contributed by atoms with van der Waals surface area (Å²) in [4.78, 5) is 0. The van der Waals surface area contributed by atoms with Gasteiger partial charge in [-0.2, -0.15) is 0 Å². The van der Waals surface area contributed by atoms with Crippen LogP contribution in [0.25, 0.3) is 0 Å². The van der Waals surface area contributed by atoms with E-state index in [4.69, 9.17) is 17.0 Å². The van der Waals surface area contributed by atoms with Crippen molar-refractivity contribution in [2.24, 2.45) is 0 Å². The fourth-order valence-corrected chi connectivity index (χ4v) is 2.71. The second-order valence-corrected chi connectivity index (χ2v) is 6.78. The van der Waals surface area contributed by atoms with Crippen molar-refractivity contribution in [2.75, 3.05) is 11.9 Å². The maximum atomic E-state index is 5.84. The number of hydrogen-bond donors (Lipinski definition) is 2. The summed E-state index contributed by atoms with van der Waals surface area (Å²) in [6.07, 6.45) is 0. The van der Waals surface area contributed by atoms with Crippen molar-refractivity contribution >= 4 is 23.0 Å². The number of thiocarbonyl (C=S) groups is 1. The first-order chi connectivity index (χ1) is 11.3. The van der Waals surface area contributed by atoms with E-state index in [0.717, 1.165) is 11.4 Å². The molecule has 4 heteroatoms. The Morgan fingerprint density at radius 1 is 1.00 bits per heavy atom. The lowest BCUT2D eigenvalue weighted by molar-refractivity contribution is 0.287. The van der Waals surface area contributed by atoms with Crippen LogP contribution in [0, 0.1) is 27.7 Å². The lowest BCUT2D eigenvalue weighted by atomic mass is 10.1. The molecule has 2 N–H and O–H groups in total. The molecule has 2 aromatic carbocycles. The largest absolute Gasteiger partial charge is 0.491 e. The SMILES string of the molecule is Cc1ccc(NC(=S)N[C@H](C)COc2ccc(C)c(C)c2)c(C)c1. The number of aryl methyl sites for hydroxylation is 4. The third-order valence-electron chi connectivity index (χ3n) is 3.99. The van der Waals surface area contributed by atoms with Gasteiger partial charge >= 0.3 is 0 Å². The van der Waals surface area contributed by atoms with Gasteiger partial charge in [0, 0.05) is 5.69 Å². The second kappa shape index (κ2) is 8.15. The molecule has 0 fully saturated rings. The molecule has 0 aliphatic carbocycles. The van der Waals surface area contributed by atoms with Crippen LogP contribution in [-0.4, -0.2) is 17.8 Å². The monoisotopic (exact) mass is 342 g/mol. The minimum atomic E-state index is 0.109. The molecule has 0 amide bonds. The summed E-state index contributed by atoms with van der Waals surface area (Å²) in [6, 6.07) is 12.5. The highest BCUT2D eigenvalue weighted by Crippen LogP contribution is 2.17. The summed E-state index contributed by atoms with van der Waals surface area (Å²) in [5.74, 6) is 0.889. The zero-order valence-corrected chi connectivity index (χ0v) is 15.9. The van der Waals surface area contributed by atoms with Gasteiger partial charge in [0.2, 0.25) is 0 Å². The Balaban J connectivity index is 1.83. The van der Waals surface area contributed by atoms with Gasteiger partial charge in [-0.15, -0.1) is 0 Å². The van der Waals surface area contributed by atoms with Crippen molar-refractivity contribution in [1.82, 2.24) is 5.32 Å². The summed E-state index contributed by atoms with van der Waals surface area (Å²) in [7, 11) is 0. The summed E-state index contributed by atoms with van der Waals surface area (Å²) < 4.78 is 5.84. The lowest BCUT2D eigenvalue weighted by Gasteiger charge is -2.19. The average molecular weight is 343 g/mol. The number of nitrogens with one attached hydrogen (secondary N) is 2. The van der Waals surface area contributed by atoms with Gasteiger partial charge in [-0.1, -0.05) is 23.8 Å². The van der Waals surface area contributed by atoms with Crippen LogP contribution in [-0.2, 0) is 0 Å². The Hall–Kier alpha value is -2.07. The molecule has 0 bridgehead atoms. The zero-order chi connectivity index (χ0) is 17.7. The molecule has 128 valence electrons. The zero-order valence-electron chi connectivity index (χ0n) is 15.1. The van der Waals surface area contributed by atoms with E-state index in [1.807, 2.05) is 6.07 Å². The van der Waals surface area contributed by atoms with Crippen LogP contribution in [0.4, 0.5) is 5.69 Å². The highest BCUT2D eigenvalue weighted by atomic mass is 32.1. The molecule has 0 spiro atoms. The van der Waals surface area contributed by atoms with Gasteiger partial charge in [0.15, 0.2) is 5.11 Å². The third-order valence-corrected chi connectivity index (χ3v) is 4.21. The quantitative estimate of drug-likeness (QED) is 0.773. The van der Waals surface area contributed by atoms with Crippen molar-refractivity contribution < 1.29 is 4.74 Å². The molecule has 3 nitrogen and oxygen atoms in total. The molecule has 0 unspecified atom stereocenters. The van der Waals surface area contributed by atoms with E-state index in [0.29, 0.717) is 11.7 Å². The normalized spacial score (nSPS) is 11.7. The van der Waals surface area contributed by atoms with E-state index in [-0.39, 0.29) is 6.04 Å². The van der Waals surface area contributed by atoms with Crippen LogP contribution in [0.3, 0.4) is 0 Å². The molecule has 24 heavy (non-hydrogen) atoms. The topological polar surface area (TPSA) is 33.3 Å². The van der Waals surface area contributed by atoms with Gasteiger partial charge in [0.1, 0.15) is 12.4 Å². The highest BCUT2D eigenvalue weighted by molar-refractivity contribution is 7.80. The van der Waals surface area contributed by atoms with E-state index in [9.17, 15) is 0 Å². The van der Waals surface area contributed by atoms with Gasteiger partial charge in [0.05, 0.1) is 6.04 Å². The third kappa shape index (κ3) is 5.24. The van der Waals surface area contributed by atoms with Crippen LogP contribution < -0.4 is 15.4 Å². The molecule has 0 aromatic heterocycles. The smallest absolute Gasteiger partial charge is 0.171 e. The van der Waals surface area contributed by atoms with Gasteiger partial charge < -0.3 is 15.4 Å². The summed E-state index contributed by atoms with van der Waals surface area (Å²) >= 11 is 5.40. The molecular formula is C20H26N2OS. The van der Waals surface area contributed by atoms with Crippen molar-refractivity contribution in [3.8, 4) is 5.75 Å². The Morgan fingerprint density at radius 3 is 2.42 bits per heavy atom. The number of anilines is 1. The Kier molecular flexibility index (Phi) is 6.21. The van der Waals surface area contributed by atoms with Crippen LogP contribution >= 0.6 is 12.2 Å². The van der Waals surface area contributed by atoms with Gasteiger partial charge in [-0.05, 0) is 81.7 Å². The summed E-state index contributed by atoms with van der Waals surface area (Å²) in [5, 5.41) is 7.12. The fraction of sp³-hybridized carbons (Fsp3) is 0.350. The number of hydrogen-bond acceptors (Lipinski definition) is 2. The molecule has 2 rings (SSSR count). The molecule has 2 aromatic rings. The molecule has 1 atom stereocenters. The lowest BCUT2D eigenvalue weighted by Crippen LogP contribution is -2.39. The number of ether oxygens (including phenoxy) is 1. The van der Waals surface area contributed by atoms with Crippen LogP contribution in [0.2, 0.25) is 0 Å². The Labute approximate surface area is 150 Å². The molecule has 0 radical (unpaired) electrons. The first-order valence-corrected chi connectivity index (χ1v) is 8.61. The van der Waals surface area contributed by atoms with E-state index in [2.05, 4.69) is 75.6 Å². The Bertz CT molecular complexity index is 728. The van der Waals surface area contributed by atoms with Gasteiger partial charge in [-0.3, -0.25) is 0 Å². The van der Waals surface area contributed by atoms with E-state index >= 15 is 0 Å². The van der Waals surface area contributed by atoms with Crippen molar-refractivity contribution in [1.29, 1.82) is 0 Å². The average Bonchev–Trinajstić information content (AvgIpc) is 2.51. The van der Waals surface area contributed by atoms with Crippen LogP contribution in [0.5, 0.6) is 5.75 Å². The van der Waals surface area contributed by atoms with Crippen molar-refractivity contribution in [3.63, 3.8) is 0 Å².